The van der Waals surface area contributed by atoms with Gasteiger partial charge < -0.3 is 19.7 Å². The van der Waals surface area contributed by atoms with Crippen LogP contribution in [0, 0.1) is 0 Å². The minimum Gasteiger partial charge on any atom is -0.497 e. The highest BCUT2D eigenvalue weighted by Crippen LogP contribution is 2.26. The normalized spacial score (nSPS) is 14.5. The second kappa shape index (κ2) is 16.3. The zero-order chi connectivity index (χ0) is 31.4. The Kier molecular flexibility index (Phi) is 12.3. The first-order chi connectivity index (χ1) is 21.3. The Morgan fingerprint density at radius 2 is 1.61 bits per heavy atom. The van der Waals surface area contributed by atoms with Crippen LogP contribution in [0.15, 0.2) is 83.8 Å². The second-order valence-corrected chi connectivity index (χ2v) is 12.3. The Morgan fingerprint density at radius 1 is 0.955 bits per heavy atom. The minimum absolute atomic E-state index is 0.139. The van der Waals surface area contributed by atoms with E-state index in [4.69, 9.17) is 9.47 Å². The van der Waals surface area contributed by atoms with Crippen LogP contribution in [0.25, 0.3) is 0 Å². The van der Waals surface area contributed by atoms with Crippen molar-refractivity contribution in [2.75, 3.05) is 53.0 Å². The lowest BCUT2D eigenvalue weighted by atomic mass is 10.0. The van der Waals surface area contributed by atoms with Gasteiger partial charge in [0.1, 0.15) is 11.8 Å². The second-order valence-electron chi connectivity index (χ2n) is 10.6. The predicted octanol–water partition coefficient (Wildman–Crippen LogP) is 3.14. The average molecular weight is 623 g/mol. The van der Waals surface area contributed by atoms with Crippen molar-refractivity contribution in [1.82, 2.24) is 19.8 Å². The van der Waals surface area contributed by atoms with E-state index in [2.05, 4.69) is 14.9 Å². The Morgan fingerprint density at radius 3 is 2.25 bits per heavy atom. The summed E-state index contributed by atoms with van der Waals surface area (Å²) in [5, 5.41) is 3.07. The lowest BCUT2D eigenvalue weighted by Crippen LogP contribution is -2.46. The molecule has 3 aromatic rings. The monoisotopic (exact) mass is 622 g/mol. The summed E-state index contributed by atoms with van der Waals surface area (Å²) in [6.45, 7) is 6.40. The summed E-state index contributed by atoms with van der Waals surface area (Å²) in [7, 11) is -1.97. The summed E-state index contributed by atoms with van der Waals surface area (Å²) in [6, 6.07) is 22.5. The molecule has 11 heteroatoms. The quantitative estimate of drug-likeness (QED) is 0.268. The van der Waals surface area contributed by atoms with Crippen molar-refractivity contribution in [3.63, 3.8) is 0 Å². The molecule has 1 unspecified atom stereocenters. The Balaban J connectivity index is 1.55. The Labute approximate surface area is 260 Å². The molecule has 10 nitrogen and oxygen atoms in total. The molecular weight excluding hydrogens is 580 g/mol. The minimum atomic E-state index is -3.57. The van der Waals surface area contributed by atoms with Gasteiger partial charge in [0.25, 0.3) is 0 Å². The standard InChI is InChI=1S/C33H42N4O6S/c1-3-35-44(40,41)30-16-11-26(12-17-30)13-18-31(38)37(25-27-9-14-29(42-2)15-10-27)32(28-7-5-4-6-8-28)33(39)34-19-20-36-21-23-43-24-22-36/h4-12,14-17,32,35H,3,13,18-25H2,1-2H3,(H,34,39). The molecule has 0 radical (unpaired) electrons. The van der Waals surface area contributed by atoms with E-state index in [9.17, 15) is 18.0 Å². The van der Waals surface area contributed by atoms with Gasteiger partial charge in [-0.05, 0) is 47.4 Å². The number of carbonyl (C=O) groups is 2. The van der Waals surface area contributed by atoms with Crippen LogP contribution < -0.4 is 14.8 Å². The van der Waals surface area contributed by atoms with Gasteiger partial charge >= 0.3 is 0 Å². The van der Waals surface area contributed by atoms with Crippen LogP contribution in [0.5, 0.6) is 5.75 Å². The zero-order valence-electron chi connectivity index (χ0n) is 25.4. The topological polar surface area (TPSA) is 117 Å². The van der Waals surface area contributed by atoms with E-state index in [1.54, 1.807) is 43.2 Å². The fourth-order valence-electron chi connectivity index (χ4n) is 5.12. The maximum absolute atomic E-state index is 14.0. The molecule has 0 spiro atoms. The lowest BCUT2D eigenvalue weighted by Gasteiger charge is -2.32. The number of methoxy groups -OCH3 is 1. The highest BCUT2D eigenvalue weighted by atomic mass is 32.2. The maximum Gasteiger partial charge on any atom is 0.247 e. The van der Waals surface area contributed by atoms with Gasteiger partial charge in [-0.1, -0.05) is 61.5 Å². The van der Waals surface area contributed by atoms with Gasteiger partial charge in [-0.15, -0.1) is 0 Å². The van der Waals surface area contributed by atoms with Crippen molar-refractivity contribution < 1.29 is 27.5 Å². The molecular formula is C33H42N4O6S. The van der Waals surface area contributed by atoms with Crippen LogP contribution in [-0.2, 0) is 37.3 Å². The number of ether oxygens (including phenoxy) is 2. The number of hydrogen-bond donors (Lipinski definition) is 2. The molecule has 1 heterocycles. The Hall–Kier alpha value is -3.77. The van der Waals surface area contributed by atoms with Gasteiger partial charge in [-0.25, -0.2) is 13.1 Å². The largest absolute Gasteiger partial charge is 0.497 e. The summed E-state index contributed by atoms with van der Waals surface area (Å²) < 4.78 is 37.9. The molecule has 2 amide bonds. The molecule has 1 atom stereocenters. The molecule has 236 valence electrons. The molecule has 44 heavy (non-hydrogen) atoms. The average Bonchev–Trinajstić information content (AvgIpc) is 3.05. The summed E-state index contributed by atoms with van der Waals surface area (Å²) in [6.07, 6.45) is 0.527. The summed E-state index contributed by atoms with van der Waals surface area (Å²) in [5.74, 6) is 0.262. The van der Waals surface area contributed by atoms with Crippen molar-refractivity contribution in [2.45, 2.75) is 37.2 Å². The number of sulfonamides is 1. The number of morpholine rings is 1. The fraction of sp³-hybridized carbons (Fsp3) is 0.394. The number of aryl methyl sites for hydroxylation is 1. The molecule has 1 aliphatic heterocycles. The lowest BCUT2D eigenvalue weighted by molar-refractivity contribution is -0.141. The molecule has 0 aliphatic carbocycles. The third-order valence-corrected chi connectivity index (χ3v) is 9.10. The number of rotatable bonds is 15. The van der Waals surface area contributed by atoms with E-state index >= 15 is 0 Å². The van der Waals surface area contributed by atoms with Crippen molar-refractivity contribution >= 4 is 21.8 Å². The number of carbonyl (C=O) groups excluding carboxylic acids is 2. The number of benzene rings is 3. The smallest absolute Gasteiger partial charge is 0.247 e. The van der Waals surface area contributed by atoms with E-state index < -0.39 is 16.1 Å². The third-order valence-electron chi connectivity index (χ3n) is 7.53. The summed E-state index contributed by atoms with van der Waals surface area (Å²) in [5.41, 5.74) is 2.40. The van der Waals surface area contributed by atoms with Crippen LogP contribution in [-0.4, -0.2) is 83.1 Å². The van der Waals surface area contributed by atoms with Crippen LogP contribution in [0.1, 0.15) is 36.1 Å². The number of nitrogens with one attached hydrogen (secondary N) is 2. The SMILES string of the molecule is CCNS(=O)(=O)c1ccc(CCC(=O)N(Cc2ccc(OC)cc2)C(C(=O)NCCN2CCOCC2)c2ccccc2)cc1. The van der Waals surface area contributed by atoms with E-state index in [1.807, 2.05) is 54.6 Å². The van der Waals surface area contributed by atoms with Crippen molar-refractivity contribution in [2.24, 2.45) is 0 Å². The summed E-state index contributed by atoms with van der Waals surface area (Å²) in [4.78, 5) is 31.9. The van der Waals surface area contributed by atoms with Crippen molar-refractivity contribution in [3.05, 3.63) is 95.6 Å². The molecule has 1 aliphatic rings. The van der Waals surface area contributed by atoms with Gasteiger partial charge in [0.15, 0.2) is 0 Å². The van der Waals surface area contributed by atoms with Gasteiger partial charge in [0.2, 0.25) is 21.8 Å². The predicted molar refractivity (Wildman–Crippen MR) is 169 cm³/mol. The first kappa shape index (κ1) is 33.1. The van der Waals surface area contributed by atoms with Gasteiger partial charge in [0.05, 0.1) is 25.2 Å². The van der Waals surface area contributed by atoms with Crippen LogP contribution in [0.3, 0.4) is 0 Å². The van der Waals surface area contributed by atoms with Crippen LogP contribution >= 0.6 is 0 Å². The number of hydrogen-bond acceptors (Lipinski definition) is 7. The number of amides is 2. The summed E-state index contributed by atoms with van der Waals surface area (Å²) >= 11 is 0. The molecule has 1 saturated heterocycles. The van der Waals surface area contributed by atoms with Crippen LogP contribution in [0.2, 0.25) is 0 Å². The molecule has 2 N–H and O–H groups in total. The molecule has 0 saturated carbocycles. The van der Waals surface area contributed by atoms with E-state index in [1.165, 1.54) is 0 Å². The first-order valence-electron chi connectivity index (χ1n) is 14.9. The number of nitrogens with zero attached hydrogens (tertiary/aromatic N) is 2. The maximum atomic E-state index is 14.0. The van der Waals surface area contributed by atoms with Gasteiger partial charge in [0, 0.05) is 45.7 Å². The van der Waals surface area contributed by atoms with Gasteiger partial charge in [-0.3, -0.25) is 14.5 Å². The molecule has 0 bridgehead atoms. The highest BCUT2D eigenvalue weighted by molar-refractivity contribution is 7.89. The van der Waals surface area contributed by atoms with E-state index in [-0.39, 0.29) is 29.7 Å². The van der Waals surface area contributed by atoms with Gasteiger partial charge in [-0.2, -0.15) is 0 Å². The van der Waals surface area contributed by atoms with Crippen LogP contribution in [0.4, 0.5) is 0 Å². The Bertz CT molecular complexity index is 1440. The van der Waals surface area contributed by atoms with Crippen molar-refractivity contribution in [1.29, 1.82) is 0 Å². The molecule has 3 aromatic carbocycles. The van der Waals surface area contributed by atoms with E-state index in [0.717, 1.165) is 29.8 Å². The molecule has 1 fully saturated rings. The molecule has 0 aromatic heterocycles. The van der Waals surface area contributed by atoms with E-state index in [0.29, 0.717) is 45.0 Å². The fourth-order valence-corrected chi connectivity index (χ4v) is 6.16. The zero-order valence-corrected chi connectivity index (χ0v) is 26.2. The third kappa shape index (κ3) is 9.36. The highest BCUT2D eigenvalue weighted by Gasteiger charge is 2.31. The van der Waals surface area contributed by atoms with Crippen molar-refractivity contribution in [3.8, 4) is 5.75 Å². The first-order valence-corrected chi connectivity index (χ1v) is 16.4. The molecule has 4 rings (SSSR count).